The zero-order chi connectivity index (χ0) is 49.7. The summed E-state index contributed by atoms with van der Waals surface area (Å²) in [7, 11) is 2.06. The van der Waals surface area contributed by atoms with Crippen LogP contribution in [-0.4, -0.2) is 25.7 Å². The minimum Gasteiger partial charge on any atom is -0.509 e. The van der Waals surface area contributed by atoms with E-state index >= 15 is 0 Å². The third-order valence-electron chi connectivity index (χ3n) is 15.1. The first-order valence-corrected chi connectivity index (χ1v) is 25.3. The quantitative estimate of drug-likeness (QED) is 0.142. The minimum atomic E-state index is 0. The van der Waals surface area contributed by atoms with Gasteiger partial charge in [0.1, 0.15) is 5.82 Å². The summed E-state index contributed by atoms with van der Waals surface area (Å²) in [4.78, 5) is 9.77. The Balaban J connectivity index is 0.00000528. The van der Waals surface area contributed by atoms with E-state index in [4.69, 9.17) is 9.72 Å². The number of benzene rings is 10. The van der Waals surface area contributed by atoms with Gasteiger partial charge in [0, 0.05) is 88.3 Å². The van der Waals surface area contributed by atoms with Gasteiger partial charge >= 0.3 is 0 Å². The Bertz CT molecular complexity index is 4370. The zero-order valence-electron chi connectivity index (χ0n) is 41.4. The Kier molecular flexibility index (Phi) is 10.8. The third-order valence-corrected chi connectivity index (χ3v) is 15.1. The molecule has 10 aromatic carbocycles. The predicted octanol–water partition coefficient (Wildman–Crippen LogP) is 17.1. The van der Waals surface area contributed by atoms with Gasteiger partial charge < -0.3 is 28.2 Å². The van der Waals surface area contributed by atoms with E-state index in [9.17, 15) is 0 Å². The second-order valence-electron chi connectivity index (χ2n) is 19.3. The van der Waals surface area contributed by atoms with Crippen molar-refractivity contribution in [3.63, 3.8) is 0 Å². The topological polar surface area (TPSA) is 43.4 Å². The van der Waals surface area contributed by atoms with Crippen LogP contribution >= 0.6 is 0 Å². The normalized spacial score (nSPS) is 12.4. The molecule has 7 nitrogen and oxygen atoms in total. The number of pyridine rings is 1. The molecule has 0 bridgehead atoms. The van der Waals surface area contributed by atoms with Crippen LogP contribution in [0.4, 0.5) is 17.1 Å². The molecule has 4 aromatic heterocycles. The van der Waals surface area contributed by atoms with Crippen molar-refractivity contribution in [1.29, 1.82) is 0 Å². The fraction of sp³-hybridized carbons (Fsp3) is 0.0294. The summed E-state index contributed by atoms with van der Waals surface area (Å²) in [5, 5.41) is 6.99. The summed E-state index contributed by atoms with van der Waals surface area (Å²) < 4.78 is 14.1. The van der Waals surface area contributed by atoms with E-state index in [-0.39, 0.29) is 21.1 Å². The van der Waals surface area contributed by atoms with Gasteiger partial charge in [0.2, 0.25) is 0 Å². The largest absolute Gasteiger partial charge is 0.509 e. The van der Waals surface area contributed by atoms with E-state index in [1.165, 1.54) is 21.5 Å². The molecule has 0 aliphatic carbocycles. The van der Waals surface area contributed by atoms with Crippen molar-refractivity contribution in [1.82, 2.24) is 18.7 Å². The molecule has 8 heteroatoms. The SMILES string of the molecule is Cc1cc(-n2c3[c-]c(Oc4[c-]c(N5[CH-]N(C)c6ccccc65)ccc4)c(-c4ccccc4)cc3c3ccccc32)ncc1-c1c(-n2c3ccccc3c3ccccc32)cccc1-n1c2ccccc2c2ccccc21.[Pt]. The van der Waals surface area contributed by atoms with Crippen molar-refractivity contribution in [3.05, 3.63) is 255 Å². The molecular formula is C68H45N6OPt-3. The van der Waals surface area contributed by atoms with Crippen LogP contribution < -0.4 is 14.5 Å². The van der Waals surface area contributed by atoms with Crippen molar-refractivity contribution >= 4 is 82.5 Å². The average Bonchev–Trinajstić information content (AvgIpc) is 4.19. The van der Waals surface area contributed by atoms with Gasteiger partial charge in [-0.15, -0.1) is 35.3 Å². The first-order chi connectivity index (χ1) is 37.1. The molecule has 5 heterocycles. The number of hydrogen-bond donors (Lipinski definition) is 0. The Labute approximate surface area is 454 Å². The predicted molar refractivity (Wildman–Crippen MR) is 308 cm³/mol. The van der Waals surface area contributed by atoms with Crippen molar-refractivity contribution in [2.75, 3.05) is 16.8 Å². The first-order valence-electron chi connectivity index (χ1n) is 25.3. The standard InChI is InChI=1S/C68H45N6O.Pt/c1-44-38-67(69-42-55(44)68-63(72-56-29-11-6-24-48(56)49-25-7-12-30-57(49)72)36-19-37-64(68)73-58-31-13-8-26-50(58)51-27-9-14-32-59(51)73)74-60-33-15-10-28-52(60)54-40-53(45-20-4-3-5-21-45)66(41-65(54)74)75-47-23-18-22-46(39-47)71-43-70(2)61-34-16-17-35-62(61)71;/h3-38,40,42-43H,1-2H3;/q-3;. The van der Waals surface area contributed by atoms with Crippen LogP contribution in [0.3, 0.4) is 0 Å². The van der Waals surface area contributed by atoms with E-state index in [1.54, 1.807) is 0 Å². The second kappa shape index (κ2) is 18.0. The number of fused-ring (bicyclic) bond motifs is 10. The van der Waals surface area contributed by atoms with Gasteiger partial charge in [-0.2, -0.15) is 18.8 Å². The summed E-state index contributed by atoms with van der Waals surface area (Å²) in [6.45, 7) is 4.30. The Morgan fingerprint density at radius 3 is 1.51 bits per heavy atom. The molecule has 0 atom stereocenters. The molecule has 0 saturated heterocycles. The van der Waals surface area contributed by atoms with E-state index in [0.29, 0.717) is 11.5 Å². The molecule has 1 aliphatic rings. The Morgan fingerprint density at radius 1 is 0.447 bits per heavy atom. The van der Waals surface area contributed by atoms with Crippen LogP contribution in [0.1, 0.15) is 5.56 Å². The number of para-hydroxylation sites is 7. The Morgan fingerprint density at radius 2 is 0.934 bits per heavy atom. The number of aryl methyl sites for hydroxylation is 1. The Hall–Kier alpha value is -9.16. The third kappa shape index (κ3) is 7.03. The van der Waals surface area contributed by atoms with Crippen LogP contribution in [0.5, 0.6) is 11.5 Å². The number of anilines is 3. The summed E-state index contributed by atoms with van der Waals surface area (Å²) in [6, 6.07) is 87.0. The van der Waals surface area contributed by atoms with Gasteiger partial charge in [0.15, 0.2) is 0 Å². The molecule has 0 N–H and O–H groups in total. The van der Waals surface area contributed by atoms with Crippen molar-refractivity contribution in [2.24, 2.45) is 0 Å². The van der Waals surface area contributed by atoms with E-state index < -0.39 is 0 Å². The fourth-order valence-corrected chi connectivity index (χ4v) is 11.7. The van der Waals surface area contributed by atoms with Crippen LogP contribution in [0.25, 0.3) is 105 Å². The van der Waals surface area contributed by atoms with Gasteiger partial charge in [-0.05, 0) is 85.6 Å². The maximum Gasteiger partial charge on any atom is 0.135 e. The maximum atomic E-state index is 6.99. The summed E-state index contributed by atoms with van der Waals surface area (Å²) in [5.74, 6) is 1.96. The maximum absolute atomic E-state index is 6.99. The molecule has 15 rings (SSSR count). The fourth-order valence-electron chi connectivity index (χ4n) is 11.7. The van der Waals surface area contributed by atoms with E-state index in [0.717, 1.165) is 106 Å². The van der Waals surface area contributed by atoms with Crippen LogP contribution in [0, 0.1) is 25.7 Å². The monoisotopic (exact) mass is 1160 g/mol. The summed E-state index contributed by atoms with van der Waals surface area (Å²) in [5.41, 5.74) is 16.9. The van der Waals surface area contributed by atoms with E-state index in [1.807, 2.05) is 18.2 Å². The first kappa shape index (κ1) is 45.5. The number of ether oxygens (including phenoxy) is 1. The van der Waals surface area contributed by atoms with Gasteiger partial charge in [-0.3, -0.25) is 0 Å². The van der Waals surface area contributed by atoms with Gasteiger partial charge in [0.25, 0.3) is 0 Å². The molecule has 0 saturated carbocycles. The van der Waals surface area contributed by atoms with Gasteiger partial charge in [0.05, 0.1) is 33.4 Å². The smallest absolute Gasteiger partial charge is 0.135 e. The number of rotatable bonds is 8. The molecule has 0 radical (unpaired) electrons. The van der Waals surface area contributed by atoms with Crippen LogP contribution in [0.2, 0.25) is 0 Å². The molecule has 0 unspecified atom stereocenters. The molecule has 366 valence electrons. The van der Waals surface area contributed by atoms with Gasteiger partial charge in [-0.1, -0.05) is 156 Å². The van der Waals surface area contributed by atoms with Crippen LogP contribution in [0.15, 0.2) is 231 Å². The molecule has 0 spiro atoms. The molecule has 0 amide bonds. The van der Waals surface area contributed by atoms with Crippen molar-refractivity contribution in [2.45, 2.75) is 6.92 Å². The molecule has 0 fully saturated rings. The number of nitrogens with zero attached hydrogens (tertiary/aromatic N) is 6. The summed E-state index contributed by atoms with van der Waals surface area (Å²) in [6.07, 6.45) is 2.08. The van der Waals surface area contributed by atoms with Crippen molar-refractivity contribution < 1.29 is 25.8 Å². The molecule has 76 heavy (non-hydrogen) atoms. The number of hydrogen-bond acceptors (Lipinski definition) is 4. The molecule has 14 aromatic rings. The van der Waals surface area contributed by atoms with E-state index in [2.05, 4.69) is 269 Å². The average molecular weight is 1160 g/mol. The summed E-state index contributed by atoms with van der Waals surface area (Å²) >= 11 is 0. The second-order valence-corrected chi connectivity index (χ2v) is 19.3. The van der Waals surface area contributed by atoms with Gasteiger partial charge in [-0.25, -0.2) is 4.98 Å². The van der Waals surface area contributed by atoms with Crippen molar-refractivity contribution in [3.8, 4) is 50.9 Å². The molecule has 1 aliphatic heterocycles. The zero-order valence-corrected chi connectivity index (χ0v) is 43.7. The van der Waals surface area contributed by atoms with Crippen LogP contribution in [-0.2, 0) is 21.1 Å². The number of aromatic nitrogens is 4. The minimum absolute atomic E-state index is 0. The molecular weight excluding hydrogens is 1110 g/mol.